The highest BCUT2D eigenvalue weighted by molar-refractivity contribution is 6.32. The lowest BCUT2D eigenvalue weighted by Gasteiger charge is -2.27. The third-order valence-corrected chi connectivity index (χ3v) is 4.01. The number of rotatable bonds is 2. The quantitative estimate of drug-likeness (QED) is 0.883. The molecule has 0 bridgehead atoms. The topological polar surface area (TPSA) is 88.5 Å². The number of ether oxygens (including phenoxy) is 2. The molecule has 1 heterocycles. The Balaban J connectivity index is 2.24. The number of phenolic OH excluding ortho intramolecular Hbond substituents is 1. The number of halogens is 1. The summed E-state index contributed by atoms with van der Waals surface area (Å²) in [6.07, 6.45) is 0. The highest BCUT2D eigenvalue weighted by Crippen LogP contribution is 2.45. The first-order valence-corrected chi connectivity index (χ1v) is 7.17. The monoisotopic (exact) mass is 328 g/mol. The molecule has 1 aliphatic heterocycles. The van der Waals surface area contributed by atoms with Crippen molar-refractivity contribution >= 4 is 11.6 Å². The standard InChI is InChI=1S/C17H13ClN2O3/c1-22-10-4-2-3-9(5-10)16-11-6-13(18)14(21)7-15(11)23-17(20)12(16)8-19/h2-7,16,21H,20H2,1H3. The number of hydrogen-bond acceptors (Lipinski definition) is 5. The molecule has 0 fully saturated rings. The van der Waals surface area contributed by atoms with E-state index in [-0.39, 0.29) is 22.2 Å². The van der Waals surface area contributed by atoms with E-state index in [0.29, 0.717) is 17.1 Å². The average molecular weight is 329 g/mol. The van der Waals surface area contributed by atoms with Gasteiger partial charge in [-0.15, -0.1) is 0 Å². The van der Waals surface area contributed by atoms with Crippen LogP contribution >= 0.6 is 11.6 Å². The Hall–Kier alpha value is -2.84. The van der Waals surface area contributed by atoms with Gasteiger partial charge in [-0.2, -0.15) is 5.26 Å². The number of nitrogens with two attached hydrogens (primary N) is 1. The van der Waals surface area contributed by atoms with E-state index in [1.807, 2.05) is 24.3 Å². The van der Waals surface area contributed by atoms with Crippen LogP contribution in [-0.2, 0) is 0 Å². The first kappa shape index (κ1) is 15.1. The molecule has 2 aromatic rings. The van der Waals surface area contributed by atoms with Crippen molar-refractivity contribution in [3.8, 4) is 23.3 Å². The van der Waals surface area contributed by atoms with E-state index < -0.39 is 5.92 Å². The minimum atomic E-state index is -0.447. The summed E-state index contributed by atoms with van der Waals surface area (Å²) in [7, 11) is 1.57. The molecule has 1 unspecified atom stereocenters. The lowest BCUT2D eigenvalue weighted by molar-refractivity contribution is 0.387. The predicted molar refractivity (Wildman–Crippen MR) is 85.4 cm³/mol. The van der Waals surface area contributed by atoms with E-state index in [0.717, 1.165) is 5.56 Å². The second kappa shape index (κ2) is 5.75. The van der Waals surface area contributed by atoms with Crippen LogP contribution in [0.2, 0.25) is 5.02 Å². The molecular formula is C17H13ClN2O3. The molecule has 0 radical (unpaired) electrons. The highest BCUT2D eigenvalue weighted by Gasteiger charge is 2.31. The van der Waals surface area contributed by atoms with Crippen molar-refractivity contribution < 1.29 is 14.6 Å². The molecule has 3 rings (SSSR count). The number of methoxy groups -OCH3 is 1. The molecule has 0 aliphatic carbocycles. The third kappa shape index (κ3) is 2.54. The average Bonchev–Trinajstić information content (AvgIpc) is 2.55. The predicted octanol–water partition coefficient (Wildman–Crippen LogP) is 3.27. The van der Waals surface area contributed by atoms with Crippen molar-refractivity contribution in [2.75, 3.05) is 7.11 Å². The molecule has 5 nitrogen and oxygen atoms in total. The van der Waals surface area contributed by atoms with Crippen LogP contribution in [0.5, 0.6) is 17.2 Å². The molecule has 2 aromatic carbocycles. The van der Waals surface area contributed by atoms with Crippen LogP contribution < -0.4 is 15.2 Å². The van der Waals surface area contributed by atoms with Crippen LogP contribution in [0.3, 0.4) is 0 Å². The molecule has 3 N–H and O–H groups in total. The number of benzene rings is 2. The van der Waals surface area contributed by atoms with E-state index in [1.165, 1.54) is 6.07 Å². The molecule has 1 aliphatic rings. The zero-order chi connectivity index (χ0) is 16.6. The molecular weight excluding hydrogens is 316 g/mol. The molecule has 0 amide bonds. The summed E-state index contributed by atoms with van der Waals surface area (Å²) in [5, 5.41) is 19.4. The van der Waals surface area contributed by atoms with Gasteiger partial charge in [-0.3, -0.25) is 0 Å². The van der Waals surface area contributed by atoms with Gasteiger partial charge >= 0.3 is 0 Å². The molecule has 1 atom stereocenters. The fraction of sp³-hybridized carbons (Fsp3) is 0.118. The lowest BCUT2D eigenvalue weighted by atomic mass is 9.83. The van der Waals surface area contributed by atoms with Gasteiger partial charge < -0.3 is 20.3 Å². The van der Waals surface area contributed by atoms with Gasteiger partial charge in [-0.05, 0) is 23.8 Å². The summed E-state index contributed by atoms with van der Waals surface area (Å²) in [5.41, 5.74) is 7.64. The number of hydrogen-bond donors (Lipinski definition) is 2. The van der Waals surface area contributed by atoms with Gasteiger partial charge in [0.1, 0.15) is 28.9 Å². The molecule has 116 valence electrons. The van der Waals surface area contributed by atoms with Crippen LogP contribution in [0.1, 0.15) is 17.0 Å². The number of nitriles is 1. The second-order valence-electron chi connectivity index (χ2n) is 5.04. The van der Waals surface area contributed by atoms with Gasteiger partial charge in [-0.25, -0.2) is 0 Å². The van der Waals surface area contributed by atoms with Crippen molar-refractivity contribution in [1.29, 1.82) is 5.26 Å². The van der Waals surface area contributed by atoms with Gasteiger partial charge in [0.05, 0.1) is 18.1 Å². The fourth-order valence-electron chi connectivity index (χ4n) is 2.63. The van der Waals surface area contributed by atoms with Gasteiger partial charge in [0, 0.05) is 11.6 Å². The van der Waals surface area contributed by atoms with Gasteiger partial charge in [0.2, 0.25) is 5.88 Å². The van der Waals surface area contributed by atoms with Crippen molar-refractivity contribution in [3.63, 3.8) is 0 Å². The van der Waals surface area contributed by atoms with E-state index in [9.17, 15) is 10.4 Å². The second-order valence-corrected chi connectivity index (χ2v) is 5.45. The molecule has 6 heteroatoms. The smallest absolute Gasteiger partial charge is 0.205 e. The van der Waals surface area contributed by atoms with Crippen molar-refractivity contribution in [2.45, 2.75) is 5.92 Å². The maximum atomic E-state index is 9.77. The zero-order valence-corrected chi connectivity index (χ0v) is 13.0. The molecule has 0 aromatic heterocycles. The van der Waals surface area contributed by atoms with Crippen molar-refractivity contribution in [1.82, 2.24) is 0 Å². The van der Waals surface area contributed by atoms with E-state index in [2.05, 4.69) is 6.07 Å². The minimum Gasteiger partial charge on any atom is -0.506 e. The first-order chi connectivity index (χ1) is 11.0. The number of phenols is 1. The van der Waals surface area contributed by atoms with Gasteiger partial charge in [-0.1, -0.05) is 23.7 Å². The van der Waals surface area contributed by atoms with E-state index in [4.69, 9.17) is 26.8 Å². The Morgan fingerprint density at radius 1 is 1.35 bits per heavy atom. The summed E-state index contributed by atoms with van der Waals surface area (Å²) in [6.45, 7) is 0. The minimum absolute atomic E-state index is 0.00884. The Labute approximate surface area is 138 Å². The Kier molecular flexibility index (Phi) is 3.77. The Bertz CT molecular complexity index is 855. The lowest BCUT2D eigenvalue weighted by Crippen LogP contribution is -2.21. The van der Waals surface area contributed by atoms with Crippen LogP contribution in [0, 0.1) is 11.3 Å². The van der Waals surface area contributed by atoms with Crippen LogP contribution in [0.15, 0.2) is 47.9 Å². The maximum absolute atomic E-state index is 9.77. The molecule has 0 saturated carbocycles. The van der Waals surface area contributed by atoms with Crippen molar-refractivity contribution in [2.24, 2.45) is 5.73 Å². The maximum Gasteiger partial charge on any atom is 0.205 e. The Morgan fingerprint density at radius 3 is 2.83 bits per heavy atom. The third-order valence-electron chi connectivity index (χ3n) is 3.71. The fourth-order valence-corrected chi connectivity index (χ4v) is 2.80. The highest BCUT2D eigenvalue weighted by atomic mass is 35.5. The normalized spacial score (nSPS) is 16.3. The van der Waals surface area contributed by atoms with Crippen LogP contribution in [-0.4, -0.2) is 12.2 Å². The number of aromatic hydroxyl groups is 1. The number of nitrogens with zero attached hydrogens (tertiary/aromatic N) is 1. The number of allylic oxidation sites excluding steroid dienone is 1. The summed E-state index contributed by atoms with van der Waals surface area (Å²) in [5.74, 6) is 0.488. The summed E-state index contributed by atoms with van der Waals surface area (Å²) >= 11 is 6.02. The van der Waals surface area contributed by atoms with Crippen LogP contribution in [0.25, 0.3) is 0 Å². The SMILES string of the molecule is COc1cccc(C2C(C#N)=C(N)Oc3cc(O)c(Cl)cc32)c1. The molecule has 0 saturated heterocycles. The van der Waals surface area contributed by atoms with Gasteiger partial charge in [0.15, 0.2) is 0 Å². The summed E-state index contributed by atoms with van der Waals surface area (Å²) in [6, 6.07) is 12.4. The molecule has 23 heavy (non-hydrogen) atoms. The summed E-state index contributed by atoms with van der Waals surface area (Å²) in [4.78, 5) is 0. The largest absolute Gasteiger partial charge is 0.506 e. The van der Waals surface area contributed by atoms with E-state index in [1.54, 1.807) is 13.2 Å². The van der Waals surface area contributed by atoms with Crippen LogP contribution in [0.4, 0.5) is 0 Å². The molecule has 0 spiro atoms. The summed E-state index contributed by atoms with van der Waals surface area (Å²) < 4.78 is 10.7. The number of fused-ring (bicyclic) bond motifs is 1. The Morgan fingerprint density at radius 2 is 2.13 bits per heavy atom. The van der Waals surface area contributed by atoms with E-state index >= 15 is 0 Å². The zero-order valence-electron chi connectivity index (χ0n) is 12.2. The van der Waals surface area contributed by atoms with Crippen molar-refractivity contribution in [3.05, 3.63) is 64.0 Å². The van der Waals surface area contributed by atoms with Gasteiger partial charge in [0.25, 0.3) is 0 Å². The first-order valence-electron chi connectivity index (χ1n) is 6.79.